The summed E-state index contributed by atoms with van der Waals surface area (Å²) in [6.07, 6.45) is 8.20. The molecule has 0 aromatic rings. The molecule has 0 amide bonds. The van der Waals surface area contributed by atoms with Crippen LogP contribution < -0.4 is 0 Å². The van der Waals surface area contributed by atoms with E-state index in [-0.39, 0.29) is 5.97 Å². The molecule has 0 radical (unpaired) electrons. The number of allylic oxidation sites excluding steroid dienone is 3. The summed E-state index contributed by atoms with van der Waals surface area (Å²) >= 11 is 0. The van der Waals surface area contributed by atoms with E-state index in [2.05, 4.69) is 17.7 Å². The first-order valence-corrected chi connectivity index (χ1v) is 6.40. The average molecular weight is 254 g/mol. The van der Waals surface area contributed by atoms with E-state index in [1.807, 2.05) is 26.8 Å². The van der Waals surface area contributed by atoms with Gasteiger partial charge in [0.1, 0.15) is 0 Å². The van der Waals surface area contributed by atoms with Gasteiger partial charge >= 0.3 is 5.97 Å². The third-order valence-corrected chi connectivity index (χ3v) is 2.71. The molecule has 0 aliphatic rings. The minimum Gasteiger partial charge on any atom is -0.466 e. The van der Waals surface area contributed by atoms with E-state index in [1.165, 1.54) is 13.2 Å². The van der Waals surface area contributed by atoms with Crippen molar-refractivity contribution in [2.24, 2.45) is 5.92 Å². The summed E-state index contributed by atoms with van der Waals surface area (Å²) in [5.41, 5.74) is 0.301. The minimum atomic E-state index is -0.585. The van der Waals surface area contributed by atoms with Gasteiger partial charge in [0.05, 0.1) is 12.7 Å². The van der Waals surface area contributed by atoms with Gasteiger partial charge in [0, 0.05) is 6.08 Å². The average Bonchev–Trinajstić information content (AvgIpc) is 2.25. The fourth-order valence-electron chi connectivity index (χ4n) is 1.50. The van der Waals surface area contributed by atoms with Crippen molar-refractivity contribution in [2.75, 3.05) is 7.11 Å². The topological polar surface area (TPSA) is 46.5 Å². The monoisotopic (exact) mass is 254 g/mol. The Morgan fingerprint density at radius 2 is 2.06 bits per heavy atom. The molecule has 1 atom stereocenters. The third-order valence-electron chi connectivity index (χ3n) is 2.71. The summed E-state index contributed by atoms with van der Waals surface area (Å²) < 4.78 is 4.55. The Balaban J connectivity index is 4.01. The highest BCUT2D eigenvalue weighted by molar-refractivity contribution is 5.83. The summed E-state index contributed by atoms with van der Waals surface area (Å²) in [5, 5.41) is 9.63. The van der Waals surface area contributed by atoms with Crippen LogP contribution in [0.5, 0.6) is 0 Å². The molecule has 18 heavy (non-hydrogen) atoms. The van der Waals surface area contributed by atoms with Crippen molar-refractivity contribution >= 4 is 5.97 Å². The standard InChI is InChI=1S/C15H26O3/c1-12(9-10-15(3,4)17)7-6-8-13(2)11-14(16)18-5/h6,8,11-12,17H,7,9-10H2,1-5H3/b8-6+,13-11+. The highest BCUT2D eigenvalue weighted by Gasteiger charge is 2.13. The van der Waals surface area contributed by atoms with Crippen LogP contribution in [0.25, 0.3) is 0 Å². The quantitative estimate of drug-likeness (QED) is 0.431. The van der Waals surface area contributed by atoms with Gasteiger partial charge in [-0.1, -0.05) is 19.1 Å². The number of hydrogen-bond donors (Lipinski definition) is 1. The lowest BCUT2D eigenvalue weighted by Crippen LogP contribution is -2.19. The van der Waals surface area contributed by atoms with Crippen LogP contribution in [0.2, 0.25) is 0 Å². The predicted molar refractivity (Wildman–Crippen MR) is 74.2 cm³/mol. The second-order valence-electron chi connectivity index (χ2n) is 5.51. The van der Waals surface area contributed by atoms with Crippen LogP contribution in [0.3, 0.4) is 0 Å². The predicted octanol–water partition coefficient (Wildman–Crippen LogP) is 3.24. The number of carbonyl (C=O) groups excluding carboxylic acids is 1. The van der Waals surface area contributed by atoms with E-state index in [1.54, 1.807) is 0 Å². The summed E-state index contributed by atoms with van der Waals surface area (Å²) in [5.74, 6) is 0.200. The molecule has 0 aromatic carbocycles. The summed E-state index contributed by atoms with van der Waals surface area (Å²) in [4.78, 5) is 11.0. The van der Waals surface area contributed by atoms with Crippen molar-refractivity contribution in [1.82, 2.24) is 0 Å². The first kappa shape index (κ1) is 16.9. The molecule has 3 heteroatoms. The van der Waals surface area contributed by atoms with Crippen LogP contribution in [0.15, 0.2) is 23.8 Å². The van der Waals surface area contributed by atoms with Crippen LogP contribution in [0, 0.1) is 5.92 Å². The van der Waals surface area contributed by atoms with Gasteiger partial charge in [-0.2, -0.15) is 0 Å². The molecule has 0 bridgehead atoms. The lowest BCUT2D eigenvalue weighted by atomic mass is 9.94. The number of esters is 1. The zero-order valence-corrected chi connectivity index (χ0v) is 12.2. The number of hydrogen-bond acceptors (Lipinski definition) is 3. The van der Waals surface area contributed by atoms with E-state index in [9.17, 15) is 9.90 Å². The SMILES string of the molecule is COC(=O)/C=C(C)/C=C/CC(C)CCC(C)(C)O. The molecular weight excluding hydrogens is 228 g/mol. The Bertz CT molecular complexity index is 308. The summed E-state index contributed by atoms with van der Waals surface area (Å²) in [6.45, 7) is 7.70. The van der Waals surface area contributed by atoms with Gasteiger partial charge in [-0.05, 0) is 51.5 Å². The van der Waals surface area contributed by atoms with Crippen LogP contribution in [0.4, 0.5) is 0 Å². The van der Waals surface area contributed by atoms with Gasteiger partial charge in [-0.25, -0.2) is 4.79 Å². The van der Waals surface area contributed by atoms with Gasteiger partial charge < -0.3 is 9.84 Å². The van der Waals surface area contributed by atoms with E-state index in [4.69, 9.17) is 0 Å². The molecule has 0 aliphatic carbocycles. The maximum absolute atomic E-state index is 11.0. The maximum atomic E-state index is 11.0. The number of carbonyl (C=O) groups is 1. The lowest BCUT2D eigenvalue weighted by Gasteiger charge is -2.19. The first-order valence-electron chi connectivity index (χ1n) is 6.40. The smallest absolute Gasteiger partial charge is 0.330 e. The van der Waals surface area contributed by atoms with Gasteiger partial charge in [-0.15, -0.1) is 0 Å². The second-order valence-corrected chi connectivity index (χ2v) is 5.51. The molecule has 0 aromatic heterocycles. The van der Waals surface area contributed by atoms with Crippen molar-refractivity contribution in [2.45, 2.75) is 52.6 Å². The van der Waals surface area contributed by atoms with Crippen molar-refractivity contribution in [3.8, 4) is 0 Å². The lowest BCUT2D eigenvalue weighted by molar-refractivity contribution is -0.134. The van der Waals surface area contributed by atoms with E-state index in [0.717, 1.165) is 24.8 Å². The number of aliphatic hydroxyl groups is 1. The normalized spacial score (nSPS) is 14.9. The van der Waals surface area contributed by atoms with Crippen molar-refractivity contribution in [1.29, 1.82) is 0 Å². The van der Waals surface area contributed by atoms with Crippen molar-refractivity contribution in [3.63, 3.8) is 0 Å². The van der Waals surface area contributed by atoms with Crippen LogP contribution in [-0.4, -0.2) is 23.8 Å². The molecule has 0 saturated carbocycles. The zero-order chi connectivity index (χ0) is 14.2. The summed E-state index contributed by atoms with van der Waals surface area (Å²) in [7, 11) is 1.37. The molecule has 0 heterocycles. The van der Waals surface area contributed by atoms with Crippen LogP contribution >= 0.6 is 0 Å². The van der Waals surface area contributed by atoms with Crippen molar-refractivity contribution < 1.29 is 14.6 Å². The Morgan fingerprint density at radius 1 is 1.44 bits per heavy atom. The Labute approximate surface area is 111 Å². The molecule has 0 saturated heterocycles. The molecule has 0 spiro atoms. The number of methoxy groups -OCH3 is 1. The fourth-order valence-corrected chi connectivity index (χ4v) is 1.50. The van der Waals surface area contributed by atoms with Gasteiger partial charge in [0.25, 0.3) is 0 Å². The molecule has 0 aliphatic heterocycles. The van der Waals surface area contributed by atoms with Gasteiger partial charge in [0.15, 0.2) is 0 Å². The Morgan fingerprint density at radius 3 is 2.56 bits per heavy atom. The Kier molecular flexibility index (Phi) is 7.60. The highest BCUT2D eigenvalue weighted by Crippen LogP contribution is 2.18. The molecule has 1 N–H and O–H groups in total. The minimum absolute atomic E-state index is 0.327. The highest BCUT2D eigenvalue weighted by atomic mass is 16.5. The van der Waals surface area contributed by atoms with E-state index in [0.29, 0.717) is 5.92 Å². The second kappa shape index (κ2) is 8.09. The largest absolute Gasteiger partial charge is 0.466 e. The maximum Gasteiger partial charge on any atom is 0.330 e. The number of rotatable bonds is 7. The van der Waals surface area contributed by atoms with Crippen LogP contribution in [0.1, 0.15) is 47.0 Å². The zero-order valence-electron chi connectivity index (χ0n) is 12.2. The number of ether oxygens (including phenoxy) is 1. The van der Waals surface area contributed by atoms with Gasteiger partial charge in [0.2, 0.25) is 0 Å². The molecule has 3 nitrogen and oxygen atoms in total. The molecular formula is C15H26O3. The molecule has 1 unspecified atom stereocenters. The first-order chi connectivity index (χ1) is 8.24. The van der Waals surface area contributed by atoms with Crippen LogP contribution in [-0.2, 0) is 9.53 Å². The van der Waals surface area contributed by atoms with Gasteiger partial charge in [-0.3, -0.25) is 0 Å². The van der Waals surface area contributed by atoms with Crippen molar-refractivity contribution in [3.05, 3.63) is 23.8 Å². The summed E-state index contributed by atoms with van der Waals surface area (Å²) in [6, 6.07) is 0. The fraction of sp³-hybridized carbons (Fsp3) is 0.667. The van der Waals surface area contributed by atoms with E-state index < -0.39 is 5.60 Å². The Hall–Kier alpha value is -1.09. The molecule has 0 fully saturated rings. The molecule has 104 valence electrons. The third kappa shape index (κ3) is 10.1. The molecule has 0 rings (SSSR count). The van der Waals surface area contributed by atoms with E-state index >= 15 is 0 Å².